The molecule has 202 valence electrons. The van der Waals surface area contributed by atoms with Gasteiger partial charge in [-0.25, -0.2) is 4.98 Å². The molecule has 0 bridgehead atoms. The van der Waals surface area contributed by atoms with Crippen molar-refractivity contribution in [3.63, 3.8) is 0 Å². The molecule has 2 aliphatic rings. The van der Waals surface area contributed by atoms with Crippen LogP contribution < -0.4 is 10.6 Å². The molecule has 0 radical (unpaired) electrons. The Labute approximate surface area is 217 Å². The lowest BCUT2D eigenvalue weighted by Crippen LogP contribution is -2.63. The second kappa shape index (κ2) is 11.1. The van der Waals surface area contributed by atoms with Gasteiger partial charge >= 0.3 is 6.18 Å². The van der Waals surface area contributed by atoms with Gasteiger partial charge in [-0.15, -0.1) is 11.3 Å². The fourth-order valence-electron chi connectivity index (χ4n) is 4.84. The quantitative estimate of drug-likeness (QED) is 0.477. The van der Waals surface area contributed by atoms with E-state index < -0.39 is 23.2 Å². The summed E-state index contributed by atoms with van der Waals surface area (Å²) >= 11 is 1.57. The number of nitrogens with one attached hydrogen (secondary N) is 2. The molecule has 2 aromatic rings. The number of nitrogens with zero attached hydrogens (tertiary/aromatic N) is 3. The van der Waals surface area contributed by atoms with E-state index >= 15 is 0 Å². The van der Waals surface area contributed by atoms with Crippen LogP contribution in [0.15, 0.2) is 30.5 Å². The molecule has 3 N–H and O–H groups in total. The topological polar surface area (TPSA) is 97.8 Å². The smallest absolute Gasteiger partial charge is 0.384 e. The van der Waals surface area contributed by atoms with Crippen LogP contribution >= 0.6 is 11.3 Å². The van der Waals surface area contributed by atoms with Crippen molar-refractivity contribution in [2.24, 2.45) is 0 Å². The molecule has 1 saturated heterocycles. The molecular weight excluding hydrogens is 507 g/mol. The van der Waals surface area contributed by atoms with Crippen molar-refractivity contribution in [1.82, 2.24) is 25.4 Å². The van der Waals surface area contributed by atoms with Gasteiger partial charge in [0.25, 0.3) is 5.91 Å². The molecular formula is C25H32F3N5O3S. The lowest BCUT2D eigenvalue weighted by atomic mass is 9.80. The Bertz CT molecular complexity index is 1110. The van der Waals surface area contributed by atoms with Gasteiger partial charge < -0.3 is 20.6 Å². The van der Waals surface area contributed by atoms with Crippen LogP contribution in [0.3, 0.4) is 0 Å². The lowest BCUT2D eigenvalue weighted by molar-refractivity contribution is -0.137. The molecule has 0 unspecified atom stereocenters. The summed E-state index contributed by atoms with van der Waals surface area (Å²) in [7, 11) is 3.97. The first-order valence-electron chi connectivity index (χ1n) is 12.2. The predicted octanol–water partition coefficient (Wildman–Crippen LogP) is 2.58. The molecule has 1 aromatic heterocycles. The monoisotopic (exact) mass is 539 g/mol. The first-order valence-corrected chi connectivity index (χ1v) is 13.1. The second-order valence-corrected chi connectivity index (χ2v) is 11.2. The van der Waals surface area contributed by atoms with Gasteiger partial charge in [-0.2, -0.15) is 13.2 Å². The number of hydrogen-bond donors (Lipinski definition) is 3. The molecule has 0 spiro atoms. The van der Waals surface area contributed by atoms with Crippen LogP contribution in [-0.4, -0.2) is 77.5 Å². The van der Waals surface area contributed by atoms with Crippen LogP contribution in [-0.2, 0) is 23.1 Å². The summed E-state index contributed by atoms with van der Waals surface area (Å²) < 4.78 is 38.5. The number of aliphatic hydroxyl groups is 1. The summed E-state index contributed by atoms with van der Waals surface area (Å²) in [5.74, 6) is -1.12. The van der Waals surface area contributed by atoms with Gasteiger partial charge in [0.2, 0.25) is 5.91 Å². The highest BCUT2D eigenvalue weighted by Gasteiger charge is 2.41. The lowest BCUT2D eigenvalue weighted by Gasteiger charge is -2.48. The van der Waals surface area contributed by atoms with Gasteiger partial charge in [-0.1, -0.05) is 6.07 Å². The van der Waals surface area contributed by atoms with E-state index in [0.29, 0.717) is 32.0 Å². The number of carbonyl (C=O) groups excluding carboxylic acids is 2. The second-order valence-electron chi connectivity index (χ2n) is 10.1. The molecule has 4 rings (SSSR count). The molecule has 2 amide bonds. The Morgan fingerprint density at radius 1 is 1.24 bits per heavy atom. The Balaban J connectivity index is 1.17. The Kier molecular flexibility index (Phi) is 8.22. The van der Waals surface area contributed by atoms with E-state index in [1.54, 1.807) is 17.5 Å². The highest BCUT2D eigenvalue weighted by Crippen LogP contribution is 2.41. The zero-order valence-corrected chi connectivity index (χ0v) is 21.7. The van der Waals surface area contributed by atoms with Crippen molar-refractivity contribution in [1.29, 1.82) is 0 Å². The maximum atomic E-state index is 12.8. The fourth-order valence-corrected chi connectivity index (χ4v) is 6.02. The van der Waals surface area contributed by atoms with E-state index in [9.17, 15) is 27.9 Å². The van der Waals surface area contributed by atoms with Crippen LogP contribution in [0.4, 0.5) is 13.2 Å². The molecule has 37 heavy (non-hydrogen) atoms. The number of amides is 2. The van der Waals surface area contributed by atoms with E-state index in [-0.39, 0.29) is 24.1 Å². The molecule has 1 saturated carbocycles. The Hall–Kier alpha value is -2.54. The van der Waals surface area contributed by atoms with Gasteiger partial charge in [0, 0.05) is 37.4 Å². The number of likely N-dealkylation sites (tertiary alicyclic amines) is 1. The summed E-state index contributed by atoms with van der Waals surface area (Å²) in [6.45, 7) is 1.81. The minimum Gasteiger partial charge on any atom is -0.384 e. The molecule has 8 nitrogen and oxygen atoms in total. The van der Waals surface area contributed by atoms with Crippen molar-refractivity contribution in [3.05, 3.63) is 51.5 Å². The minimum atomic E-state index is -4.54. The number of thiazole rings is 1. The van der Waals surface area contributed by atoms with Crippen molar-refractivity contribution >= 4 is 23.2 Å². The van der Waals surface area contributed by atoms with E-state index in [1.165, 1.54) is 6.07 Å². The van der Waals surface area contributed by atoms with Crippen LogP contribution in [0, 0.1) is 0 Å². The molecule has 12 heteroatoms. The molecule has 2 fully saturated rings. The van der Waals surface area contributed by atoms with E-state index in [2.05, 4.69) is 20.5 Å². The average molecular weight is 540 g/mol. The van der Waals surface area contributed by atoms with Crippen molar-refractivity contribution in [2.45, 2.75) is 56.1 Å². The normalized spacial score (nSPS) is 23.1. The summed E-state index contributed by atoms with van der Waals surface area (Å²) in [5.41, 5.74) is -1.90. The average Bonchev–Trinajstić information content (AvgIpc) is 3.28. The van der Waals surface area contributed by atoms with Gasteiger partial charge in [-0.3, -0.25) is 14.5 Å². The summed E-state index contributed by atoms with van der Waals surface area (Å²) in [6.07, 6.45) is 0.283. The van der Waals surface area contributed by atoms with Gasteiger partial charge in [-0.05, 0) is 58.0 Å². The van der Waals surface area contributed by atoms with Gasteiger partial charge in [0.15, 0.2) is 0 Å². The molecule has 1 aliphatic heterocycles. The van der Waals surface area contributed by atoms with Crippen molar-refractivity contribution in [2.75, 3.05) is 33.7 Å². The predicted molar refractivity (Wildman–Crippen MR) is 133 cm³/mol. The number of rotatable bonds is 8. The van der Waals surface area contributed by atoms with E-state index in [4.69, 9.17) is 0 Å². The fraction of sp³-hybridized carbons (Fsp3) is 0.560. The molecule has 1 aromatic carbocycles. The number of carbonyl (C=O) groups is 2. The van der Waals surface area contributed by atoms with E-state index in [1.807, 2.05) is 19.0 Å². The molecule has 1 aliphatic carbocycles. The molecule has 0 atom stereocenters. The third-order valence-corrected chi connectivity index (χ3v) is 8.07. The number of benzene rings is 1. The minimum absolute atomic E-state index is 0.0474. The first kappa shape index (κ1) is 27.5. The maximum absolute atomic E-state index is 12.8. The van der Waals surface area contributed by atoms with Crippen molar-refractivity contribution in [3.8, 4) is 0 Å². The number of halogens is 3. The number of aromatic nitrogens is 1. The van der Waals surface area contributed by atoms with Gasteiger partial charge in [0.1, 0.15) is 10.6 Å². The summed E-state index contributed by atoms with van der Waals surface area (Å²) in [5, 5.41) is 17.4. The van der Waals surface area contributed by atoms with Crippen LogP contribution in [0.25, 0.3) is 0 Å². The third-order valence-electron chi connectivity index (χ3n) is 6.90. The number of alkyl halides is 3. The van der Waals surface area contributed by atoms with Gasteiger partial charge in [0.05, 0.1) is 23.0 Å². The van der Waals surface area contributed by atoms with Crippen LogP contribution in [0.5, 0.6) is 0 Å². The standard InChI is InChI=1S/C25H32F3N5O3S/c1-32(2)15-22-29-11-20(37-22)24(36)8-6-19(7-9-24)33-13-18(14-33)31-21(34)12-30-23(35)16-4-3-5-17(10-16)25(26,27)28/h3-5,10-11,18-19,36H,6-9,12-15H2,1-2H3,(H,30,35)(H,31,34)/t19-,24-. The number of hydrogen-bond acceptors (Lipinski definition) is 7. The summed E-state index contributed by atoms with van der Waals surface area (Å²) in [6, 6.07) is 4.37. The molecule has 2 heterocycles. The highest BCUT2D eigenvalue weighted by atomic mass is 32.1. The largest absolute Gasteiger partial charge is 0.416 e. The Morgan fingerprint density at radius 2 is 1.95 bits per heavy atom. The first-order chi connectivity index (χ1) is 17.4. The zero-order valence-electron chi connectivity index (χ0n) is 20.8. The van der Waals surface area contributed by atoms with Crippen LogP contribution in [0.2, 0.25) is 0 Å². The van der Waals surface area contributed by atoms with E-state index in [0.717, 1.165) is 47.5 Å². The maximum Gasteiger partial charge on any atom is 0.416 e. The zero-order chi connectivity index (χ0) is 26.8. The van der Waals surface area contributed by atoms with Crippen molar-refractivity contribution < 1.29 is 27.9 Å². The third kappa shape index (κ3) is 6.86. The van der Waals surface area contributed by atoms with Crippen LogP contribution in [0.1, 0.15) is 51.5 Å². The Morgan fingerprint density at radius 3 is 2.59 bits per heavy atom. The highest BCUT2D eigenvalue weighted by molar-refractivity contribution is 7.11. The summed E-state index contributed by atoms with van der Waals surface area (Å²) in [4.78, 5) is 34.1. The SMILES string of the molecule is CN(C)Cc1ncc([C@]2(O)CC[C@H](N3CC(NC(=O)CNC(=O)c4cccc(C(F)(F)F)c4)C3)CC2)s1.